The van der Waals surface area contributed by atoms with Crippen molar-refractivity contribution in [1.29, 1.82) is 0 Å². The van der Waals surface area contributed by atoms with Gasteiger partial charge in [-0.15, -0.1) is 0 Å². The summed E-state index contributed by atoms with van der Waals surface area (Å²) in [6.45, 7) is 7.47. The molecule has 2 amide bonds. The Balaban J connectivity index is 2.33. The number of hydrogen-bond acceptors (Lipinski definition) is 4. The highest BCUT2D eigenvalue weighted by Gasteiger charge is 2.29. The molecule has 2 rings (SSSR count). The van der Waals surface area contributed by atoms with Crippen molar-refractivity contribution in [1.82, 2.24) is 10.2 Å². The van der Waals surface area contributed by atoms with E-state index in [2.05, 4.69) is 21.2 Å². The van der Waals surface area contributed by atoms with Gasteiger partial charge in [-0.3, -0.25) is 19.7 Å². The molecule has 0 bridgehead atoms. The van der Waals surface area contributed by atoms with Gasteiger partial charge >= 0.3 is 0 Å². The second-order valence-electron chi connectivity index (χ2n) is 8.13. The summed E-state index contributed by atoms with van der Waals surface area (Å²) in [6.07, 6.45) is -0.168. The predicted molar refractivity (Wildman–Crippen MR) is 119 cm³/mol. The van der Waals surface area contributed by atoms with Gasteiger partial charge in [-0.25, -0.2) is 0 Å². The lowest BCUT2D eigenvalue weighted by atomic mass is 10.1. The van der Waals surface area contributed by atoms with Crippen LogP contribution < -0.4 is 5.32 Å². The Hall–Kier alpha value is -2.74. The molecule has 2 aromatic rings. The molecule has 0 radical (unpaired) electrons. The van der Waals surface area contributed by atoms with E-state index in [1.807, 2.05) is 45.0 Å². The molecule has 0 fully saturated rings. The minimum atomic E-state index is -0.751. The Morgan fingerprint density at radius 3 is 2.43 bits per heavy atom. The van der Waals surface area contributed by atoms with Crippen LogP contribution in [-0.4, -0.2) is 33.2 Å². The Morgan fingerprint density at radius 1 is 1.17 bits per heavy atom. The summed E-state index contributed by atoms with van der Waals surface area (Å²) in [7, 11) is 0. The summed E-state index contributed by atoms with van der Waals surface area (Å²) in [6, 6.07) is 12.9. The van der Waals surface area contributed by atoms with Crippen LogP contribution in [0.2, 0.25) is 0 Å². The fourth-order valence-electron chi connectivity index (χ4n) is 2.99. The minimum Gasteiger partial charge on any atom is -0.350 e. The highest BCUT2D eigenvalue weighted by atomic mass is 79.9. The van der Waals surface area contributed by atoms with Gasteiger partial charge in [0.05, 0.1) is 11.3 Å². The molecule has 30 heavy (non-hydrogen) atoms. The fraction of sp³-hybridized carbons (Fsp3) is 0.364. The summed E-state index contributed by atoms with van der Waals surface area (Å²) in [4.78, 5) is 38.2. The van der Waals surface area contributed by atoms with Crippen molar-refractivity contribution < 1.29 is 14.5 Å². The number of benzene rings is 2. The lowest BCUT2D eigenvalue weighted by molar-refractivity contribution is -0.385. The lowest BCUT2D eigenvalue weighted by Crippen LogP contribution is -2.52. The maximum Gasteiger partial charge on any atom is 0.273 e. The van der Waals surface area contributed by atoms with Gasteiger partial charge in [0, 0.05) is 28.2 Å². The van der Waals surface area contributed by atoms with Crippen molar-refractivity contribution >= 4 is 33.4 Å². The molecule has 0 heterocycles. The van der Waals surface area contributed by atoms with Crippen LogP contribution in [0, 0.1) is 10.1 Å². The molecule has 0 aliphatic carbocycles. The molecule has 0 aromatic heterocycles. The zero-order valence-corrected chi connectivity index (χ0v) is 19.1. The quantitative estimate of drug-likeness (QED) is 0.478. The van der Waals surface area contributed by atoms with Crippen LogP contribution in [0.1, 0.15) is 38.8 Å². The highest BCUT2D eigenvalue weighted by molar-refractivity contribution is 9.10. The number of carbonyl (C=O) groups is 2. The number of nitrogens with one attached hydrogen (secondary N) is 1. The molecular weight excluding hydrogens is 450 g/mol. The number of para-hydroxylation sites is 1. The third kappa shape index (κ3) is 6.66. The smallest absolute Gasteiger partial charge is 0.273 e. The van der Waals surface area contributed by atoms with Gasteiger partial charge in [0.2, 0.25) is 11.8 Å². The Kier molecular flexibility index (Phi) is 7.72. The van der Waals surface area contributed by atoms with E-state index in [4.69, 9.17) is 0 Å². The van der Waals surface area contributed by atoms with Gasteiger partial charge in [-0.2, -0.15) is 0 Å². The average molecular weight is 476 g/mol. The fourth-order valence-corrected chi connectivity index (χ4v) is 3.44. The second-order valence-corrected chi connectivity index (χ2v) is 9.05. The summed E-state index contributed by atoms with van der Waals surface area (Å²) in [5.41, 5.74) is 0.597. The second kappa shape index (κ2) is 9.84. The number of carbonyl (C=O) groups excluding carboxylic acids is 2. The Morgan fingerprint density at radius 2 is 1.83 bits per heavy atom. The number of hydrogen-bond donors (Lipinski definition) is 1. The predicted octanol–water partition coefficient (Wildman–Crippen LogP) is 4.23. The number of nitrogens with zero attached hydrogens (tertiary/aromatic N) is 2. The molecule has 160 valence electrons. The average Bonchev–Trinajstić information content (AvgIpc) is 2.64. The SMILES string of the molecule is CC(C(=O)NC(C)(C)C)N(Cc1cccc(Br)c1)C(=O)Cc1ccccc1[N+](=O)[O-]. The van der Waals surface area contributed by atoms with Crippen molar-refractivity contribution in [2.45, 2.75) is 52.2 Å². The third-order valence-electron chi connectivity index (χ3n) is 4.44. The maximum atomic E-state index is 13.2. The van der Waals surface area contributed by atoms with Gasteiger partial charge in [0.15, 0.2) is 0 Å². The molecule has 0 spiro atoms. The molecule has 0 aliphatic heterocycles. The van der Waals surface area contributed by atoms with E-state index in [-0.39, 0.29) is 30.5 Å². The topological polar surface area (TPSA) is 92.6 Å². The summed E-state index contributed by atoms with van der Waals surface area (Å²) >= 11 is 3.42. The number of amides is 2. The van der Waals surface area contributed by atoms with E-state index in [0.29, 0.717) is 5.56 Å². The molecule has 7 nitrogen and oxygen atoms in total. The van der Waals surface area contributed by atoms with E-state index in [1.54, 1.807) is 25.1 Å². The molecule has 1 atom stereocenters. The van der Waals surface area contributed by atoms with Crippen molar-refractivity contribution in [3.8, 4) is 0 Å². The maximum absolute atomic E-state index is 13.2. The standard InChI is InChI=1S/C22H26BrN3O4/c1-15(21(28)24-22(2,3)4)25(14-16-8-7-10-18(23)12-16)20(27)13-17-9-5-6-11-19(17)26(29)30/h5-12,15H,13-14H2,1-4H3,(H,24,28). The van der Waals surface area contributed by atoms with Crippen LogP contribution in [-0.2, 0) is 22.6 Å². The monoisotopic (exact) mass is 475 g/mol. The minimum absolute atomic E-state index is 0.111. The number of nitro benzene ring substituents is 1. The lowest BCUT2D eigenvalue weighted by Gasteiger charge is -2.31. The highest BCUT2D eigenvalue weighted by Crippen LogP contribution is 2.21. The zero-order chi connectivity index (χ0) is 22.5. The van der Waals surface area contributed by atoms with E-state index < -0.39 is 16.5 Å². The first-order valence-electron chi connectivity index (χ1n) is 9.56. The van der Waals surface area contributed by atoms with Crippen LogP contribution in [0.5, 0.6) is 0 Å². The van der Waals surface area contributed by atoms with Crippen molar-refractivity contribution in [3.05, 3.63) is 74.2 Å². The van der Waals surface area contributed by atoms with Gasteiger partial charge in [-0.05, 0) is 45.4 Å². The van der Waals surface area contributed by atoms with E-state index in [9.17, 15) is 19.7 Å². The summed E-state index contributed by atoms with van der Waals surface area (Å²) in [5, 5.41) is 14.2. The molecular formula is C22H26BrN3O4. The molecule has 0 saturated heterocycles. The van der Waals surface area contributed by atoms with Crippen LogP contribution in [0.15, 0.2) is 53.0 Å². The van der Waals surface area contributed by atoms with E-state index in [1.165, 1.54) is 11.0 Å². The molecule has 1 unspecified atom stereocenters. The first-order chi connectivity index (χ1) is 14.0. The van der Waals surface area contributed by atoms with Gasteiger partial charge in [0.1, 0.15) is 6.04 Å². The molecule has 2 aromatic carbocycles. The number of rotatable bonds is 7. The van der Waals surface area contributed by atoms with Gasteiger partial charge in [0.25, 0.3) is 5.69 Å². The van der Waals surface area contributed by atoms with Crippen LogP contribution >= 0.6 is 15.9 Å². The van der Waals surface area contributed by atoms with Crippen molar-refractivity contribution in [2.24, 2.45) is 0 Å². The van der Waals surface area contributed by atoms with E-state index in [0.717, 1.165) is 10.0 Å². The number of halogens is 1. The zero-order valence-electron chi connectivity index (χ0n) is 17.5. The summed E-state index contributed by atoms with van der Waals surface area (Å²) < 4.78 is 0.859. The van der Waals surface area contributed by atoms with Crippen LogP contribution in [0.25, 0.3) is 0 Å². The van der Waals surface area contributed by atoms with Gasteiger partial charge < -0.3 is 10.2 Å². The normalized spacial score (nSPS) is 12.2. The van der Waals surface area contributed by atoms with Crippen LogP contribution in [0.3, 0.4) is 0 Å². The largest absolute Gasteiger partial charge is 0.350 e. The van der Waals surface area contributed by atoms with Crippen molar-refractivity contribution in [2.75, 3.05) is 0 Å². The molecule has 1 N–H and O–H groups in total. The number of nitro groups is 1. The first-order valence-corrected chi connectivity index (χ1v) is 10.4. The van der Waals surface area contributed by atoms with Gasteiger partial charge in [-0.1, -0.05) is 46.3 Å². The Bertz CT molecular complexity index is 940. The van der Waals surface area contributed by atoms with E-state index >= 15 is 0 Å². The summed E-state index contributed by atoms with van der Waals surface area (Å²) in [5.74, 6) is -0.644. The van der Waals surface area contributed by atoms with Crippen molar-refractivity contribution in [3.63, 3.8) is 0 Å². The Labute approximate surface area is 184 Å². The molecule has 0 saturated carbocycles. The van der Waals surface area contributed by atoms with Crippen LogP contribution in [0.4, 0.5) is 5.69 Å². The first kappa shape index (κ1) is 23.5. The third-order valence-corrected chi connectivity index (χ3v) is 4.93. The molecule has 0 aliphatic rings. The molecule has 8 heteroatoms.